The van der Waals surface area contributed by atoms with E-state index in [1.807, 2.05) is 19.9 Å². The first-order valence-electron chi connectivity index (χ1n) is 5.49. The maximum absolute atomic E-state index is 10.8. The third kappa shape index (κ3) is 2.35. The summed E-state index contributed by atoms with van der Waals surface area (Å²) in [6.07, 6.45) is 0. The van der Waals surface area contributed by atoms with Gasteiger partial charge in [-0.25, -0.2) is 4.79 Å². The van der Waals surface area contributed by atoms with E-state index in [1.54, 1.807) is 7.11 Å². The molecule has 0 saturated carbocycles. The molecule has 2 aromatic rings. The molecule has 1 heterocycles. The van der Waals surface area contributed by atoms with E-state index >= 15 is 0 Å². The van der Waals surface area contributed by atoms with Gasteiger partial charge >= 0.3 is 5.97 Å². The van der Waals surface area contributed by atoms with E-state index in [1.165, 1.54) is 6.07 Å². The predicted molar refractivity (Wildman–Crippen MR) is 72.6 cm³/mol. The first-order valence-corrected chi connectivity index (χ1v) is 6.29. The lowest BCUT2D eigenvalue weighted by atomic mass is 10.0. The summed E-state index contributed by atoms with van der Waals surface area (Å²) in [6, 6.07) is 3.29. The Bertz CT molecular complexity index is 648. The predicted octanol–water partition coefficient (Wildman–Crippen LogP) is 3.43. The van der Waals surface area contributed by atoms with Crippen molar-refractivity contribution in [3.8, 4) is 17.0 Å². The molecule has 100 valence electrons. The number of halogens is 1. The van der Waals surface area contributed by atoms with Crippen LogP contribution in [0.5, 0.6) is 5.75 Å². The Morgan fingerprint density at radius 3 is 2.63 bits per heavy atom. The number of carboxylic acids is 1. The van der Waals surface area contributed by atoms with Crippen molar-refractivity contribution in [2.45, 2.75) is 13.8 Å². The molecule has 0 fully saturated rings. The number of hydrogen-bond donors (Lipinski definition) is 1. The van der Waals surface area contributed by atoms with E-state index in [0.717, 1.165) is 26.9 Å². The third-order valence-electron chi connectivity index (χ3n) is 2.84. The van der Waals surface area contributed by atoms with Crippen LogP contribution in [-0.2, 0) is 0 Å². The number of aromatic nitrogens is 1. The first kappa shape index (κ1) is 13.6. The molecule has 0 unspecified atom stereocenters. The lowest BCUT2D eigenvalue weighted by Gasteiger charge is -2.13. The van der Waals surface area contributed by atoms with Crippen LogP contribution in [0.2, 0.25) is 0 Å². The van der Waals surface area contributed by atoms with Crippen LogP contribution in [-0.4, -0.2) is 23.3 Å². The number of nitrogens with zero attached hydrogens (tertiary/aromatic N) is 1. The second-order valence-electron chi connectivity index (χ2n) is 4.09. The van der Waals surface area contributed by atoms with Crippen LogP contribution in [0.15, 0.2) is 21.1 Å². The number of benzene rings is 1. The highest BCUT2D eigenvalue weighted by molar-refractivity contribution is 9.10. The minimum absolute atomic E-state index is 0.194. The standard InChI is InChI=1S/C13H12BrNO4/c1-6-4-8(14)11(7(2)12(6)18-3)9-5-10(13(16)17)19-15-9/h4-5H,1-3H3,(H,16,17). The molecule has 0 spiro atoms. The number of methoxy groups -OCH3 is 1. The highest BCUT2D eigenvalue weighted by atomic mass is 79.9. The van der Waals surface area contributed by atoms with E-state index in [-0.39, 0.29) is 5.76 Å². The second kappa shape index (κ2) is 5.05. The molecule has 5 nitrogen and oxygen atoms in total. The molecular formula is C13H12BrNO4. The number of aryl methyl sites for hydroxylation is 1. The Labute approximate surface area is 118 Å². The Balaban J connectivity index is 2.64. The Morgan fingerprint density at radius 2 is 2.11 bits per heavy atom. The van der Waals surface area contributed by atoms with E-state index in [2.05, 4.69) is 21.1 Å². The van der Waals surface area contributed by atoms with Crippen molar-refractivity contribution in [3.05, 3.63) is 33.5 Å². The smallest absolute Gasteiger partial charge is 0.374 e. The van der Waals surface area contributed by atoms with Crippen LogP contribution in [0.4, 0.5) is 0 Å². The summed E-state index contributed by atoms with van der Waals surface area (Å²) in [5, 5.41) is 12.7. The maximum Gasteiger partial charge on any atom is 0.374 e. The van der Waals surface area contributed by atoms with E-state index in [0.29, 0.717) is 5.69 Å². The summed E-state index contributed by atoms with van der Waals surface area (Å²) in [7, 11) is 1.60. The number of carbonyl (C=O) groups is 1. The number of carboxylic acid groups (broad SMARTS) is 1. The molecule has 6 heteroatoms. The molecule has 2 rings (SSSR count). The molecule has 0 aliphatic carbocycles. The summed E-state index contributed by atoms with van der Waals surface area (Å²) in [4.78, 5) is 10.8. The lowest BCUT2D eigenvalue weighted by Crippen LogP contribution is -1.95. The van der Waals surface area contributed by atoms with E-state index in [9.17, 15) is 4.79 Å². The average Bonchev–Trinajstić information content (AvgIpc) is 2.78. The highest BCUT2D eigenvalue weighted by Gasteiger charge is 2.19. The maximum atomic E-state index is 10.8. The molecule has 1 aromatic heterocycles. The van der Waals surface area contributed by atoms with Gasteiger partial charge in [-0.1, -0.05) is 21.1 Å². The molecular weight excluding hydrogens is 314 g/mol. The fraction of sp³-hybridized carbons (Fsp3) is 0.231. The van der Waals surface area contributed by atoms with Crippen LogP contribution in [0.1, 0.15) is 21.7 Å². The summed E-state index contributed by atoms with van der Waals surface area (Å²) < 4.78 is 10.9. The van der Waals surface area contributed by atoms with Crippen LogP contribution >= 0.6 is 15.9 Å². The van der Waals surface area contributed by atoms with Gasteiger partial charge in [0.1, 0.15) is 11.4 Å². The first-order chi connectivity index (χ1) is 8.95. The fourth-order valence-electron chi connectivity index (χ4n) is 2.04. The van der Waals surface area contributed by atoms with Crippen LogP contribution in [0, 0.1) is 13.8 Å². The van der Waals surface area contributed by atoms with Crippen LogP contribution in [0.25, 0.3) is 11.3 Å². The summed E-state index contributed by atoms with van der Waals surface area (Å²) in [5.74, 6) is -0.592. The number of ether oxygens (including phenoxy) is 1. The van der Waals surface area contributed by atoms with Crippen molar-refractivity contribution < 1.29 is 19.2 Å². The van der Waals surface area contributed by atoms with Gasteiger partial charge in [0.2, 0.25) is 5.76 Å². The number of aromatic carboxylic acids is 1. The van der Waals surface area contributed by atoms with E-state index in [4.69, 9.17) is 14.4 Å². The SMILES string of the molecule is COc1c(C)cc(Br)c(-c2cc(C(=O)O)on2)c1C. The van der Waals surface area contributed by atoms with E-state index < -0.39 is 5.97 Å². The topological polar surface area (TPSA) is 72.6 Å². The number of hydrogen-bond acceptors (Lipinski definition) is 4. The van der Waals surface area contributed by atoms with Crippen LogP contribution < -0.4 is 4.74 Å². The van der Waals surface area contributed by atoms with Crippen molar-refractivity contribution >= 4 is 21.9 Å². The zero-order valence-corrected chi connectivity index (χ0v) is 12.2. The van der Waals surface area contributed by atoms with Gasteiger partial charge in [0, 0.05) is 21.7 Å². The molecule has 0 radical (unpaired) electrons. The molecule has 1 aromatic carbocycles. The van der Waals surface area contributed by atoms with Crippen molar-refractivity contribution in [2.75, 3.05) is 7.11 Å². The molecule has 0 saturated heterocycles. The summed E-state index contributed by atoms with van der Waals surface area (Å²) >= 11 is 3.46. The van der Waals surface area contributed by atoms with Gasteiger partial charge in [-0.15, -0.1) is 0 Å². The Hall–Kier alpha value is -1.82. The lowest BCUT2D eigenvalue weighted by molar-refractivity contribution is 0.0652. The average molecular weight is 326 g/mol. The summed E-state index contributed by atoms with van der Waals surface area (Å²) in [6.45, 7) is 3.83. The van der Waals surface area contributed by atoms with Gasteiger partial charge in [-0.2, -0.15) is 0 Å². The van der Waals surface area contributed by atoms with Crippen molar-refractivity contribution in [2.24, 2.45) is 0 Å². The normalized spacial score (nSPS) is 10.5. The molecule has 1 N–H and O–H groups in total. The Morgan fingerprint density at radius 1 is 1.42 bits per heavy atom. The van der Waals surface area contributed by atoms with Gasteiger partial charge in [0.15, 0.2) is 0 Å². The molecule has 0 bridgehead atoms. The fourth-order valence-corrected chi connectivity index (χ4v) is 2.88. The van der Waals surface area contributed by atoms with Crippen molar-refractivity contribution in [1.29, 1.82) is 0 Å². The van der Waals surface area contributed by atoms with Crippen LogP contribution in [0.3, 0.4) is 0 Å². The highest BCUT2D eigenvalue weighted by Crippen LogP contribution is 2.38. The van der Waals surface area contributed by atoms with Gasteiger partial charge < -0.3 is 14.4 Å². The largest absolute Gasteiger partial charge is 0.496 e. The minimum atomic E-state index is -1.15. The Kier molecular flexibility index (Phi) is 3.61. The molecule has 0 aliphatic heterocycles. The zero-order chi connectivity index (χ0) is 14.2. The van der Waals surface area contributed by atoms with Gasteiger partial charge in [-0.3, -0.25) is 0 Å². The second-order valence-corrected chi connectivity index (χ2v) is 4.94. The molecule has 0 amide bonds. The minimum Gasteiger partial charge on any atom is -0.496 e. The van der Waals surface area contributed by atoms with Crippen molar-refractivity contribution in [1.82, 2.24) is 5.16 Å². The van der Waals surface area contributed by atoms with Crippen molar-refractivity contribution in [3.63, 3.8) is 0 Å². The molecule has 0 atom stereocenters. The molecule has 19 heavy (non-hydrogen) atoms. The molecule has 0 aliphatic rings. The number of rotatable bonds is 3. The monoisotopic (exact) mass is 325 g/mol. The quantitative estimate of drug-likeness (QED) is 0.935. The van der Waals surface area contributed by atoms with Gasteiger partial charge in [-0.05, 0) is 25.5 Å². The van der Waals surface area contributed by atoms with Gasteiger partial charge in [0.25, 0.3) is 0 Å². The zero-order valence-electron chi connectivity index (χ0n) is 10.7. The van der Waals surface area contributed by atoms with Gasteiger partial charge in [0.05, 0.1) is 7.11 Å². The summed E-state index contributed by atoms with van der Waals surface area (Å²) in [5.41, 5.74) is 3.08. The third-order valence-corrected chi connectivity index (χ3v) is 3.46.